The molecule has 0 spiro atoms. The van der Waals surface area contributed by atoms with E-state index < -0.39 is 59.2 Å². The van der Waals surface area contributed by atoms with Gasteiger partial charge in [-0.2, -0.15) is 0 Å². The molecule has 0 aromatic heterocycles. The zero-order valence-corrected chi connectivity index (χ0v) is 21.7. The molecule has 0 bridgehead atoms. The molecule has 1 aromatic carbocycles. The molecule has 0 radical (unpaired) electrons. The normalized spacial score (nSPS) is 34.8. The average molecular weight is 536 g/mol. The summed E-state index contributed by atoms with van der Waals surface area (Å²) in [5, 5.41) is 9.42. The smallest absolute Gasteiger partial charge is 0.342 e. The Bertz CT molecular complexity index is 1100. The van der Waals surface area contributed by atoms with Crippen molar-refractivity contribution in [1.29, 1.82) is 0 Å². The minimum absolute atomic E-state index is 0.0558. The van der Waals surface area contributed by atoms with Crippen molar-refractivity contribution in [3.05, 3.63) is 47.8 Å². The summed E-state index contributed by atoms with van der Waals surface area (Å²) < 4.78 is 44.7. The highest BCUT2D eigenvalue weighted by Gasteiger charge is 2.85. The number of rotatable bonds is 10. The summed E-state index contributed by atoms with van der Waals surface area (Å²) in [4.78, 5) is 37.2. The van der Waals surface area contributed by atoms with Crippen LogP contribution in [0.25, 0.3) is 0 Å². The number of carbonyl (C=O) groups excluding carboxylic acids is 2. The number of carboxylic acid groups (broad SMARTS) is 1. The second kappa shape index (κ2) is 10.7. The molecule has 38 heavy (non-hydrogen) atoms. The minimum Gasteiger partial charge on any atom is -0.479 e. The first kappa shape index (κ1) is 28.2. The number of hydrogen-bond acceptors (Lipinski definition) is 7. The highest BCUT2D eigenvalue weighted by atomic mass is 19.1. The van der Waals surface area contributed by atoms with Gasteiger partial charge in [0.2, 0.25) is 12.0 Å². The molecule has 0 saturated heterocycles. The molecule has 0 heterocycles. The Balaban J connectivity index is 1.36. The van der Waals surface area contributed by atoms with Crippen LogP contribution in [0, 0.1) is 29.5 Å². The van der Waals surface area contributed by atoms with Gasteiger partial charge in [-0.05, 0) is 61.6 Å². The van der Waals surface area contributed by atoms with Crippen LogP contribution in [-0.2, 0) is 35.2 Å². The summed E-state index contributed by atoms with van der Waals surface area (Å²) in [6, 6.07) is 5.47. The van der Waals surface area contributed by atoms with Gasteiger partial charge in [0.05, 0.1) is 12.7 Å². The van der Waals surface area contributed by atoms with E-state index in [9.17, 15) is 23.9 Å². The third kappa shape index (κ3) is 5.47. The van der Waals surface area contributed by atoms with E-state index >= 15 is 4.39 Å². The summed E-state index contributed by atoms with van der Waals surface area (Å²) in [5.41, 5.74) is 3.36. The first-order chi connectivity index (χ1) is 17.8. The summed E-state index contributed by atoms with van der Waals surface area (Å²) in [6.45, 7) is 7.51. The standard InChI is InChI=1S/C28H35F2NO7/c1-15-10-16(2)12-19(11-15)6-9-23(32)37-17(3)38-26(35)28(31)22(13-21-24(28)27(21,30)25(33)34)36-14-18-4-7-20(29)8-5-18/h4-5,7-8,16-17,19,21-22,24H,1,6,9-14,31H2,2-3H3,(H,33,34)/t16?,17-,19?,21+,22+,24-,27+,28-/m0/s1. The van der Waals surface area contributed by atoms with E-state index in [1.54, 1.807) is 0 Å². The van der Waals surface area contributed by atoms with Crippen molar-refractivity contribution in [2.45, 2.75) is 82.6 Å². The molecular formula is C28H35F2NO7. The Labute approximate surface area is 220 Å². The summed E-state index contributed by atoms with van der Waals surface area (Å²) in [5.74, 6) is -5.32. The Kier molecular flexibility index (Phi) is 7.95. The van der Waals surface area contributed by atoms with Gasteiger partial charge in [-0.1, -0.05) is 31.2 Å². The van der Waals surface area contributed by atoms with Crippen LogP contribution in [0.1, 0.15) is 57.9 Å². The third-order valence-corrected chi connectivity index (χ3v) is 8.12. The van der Waals surface area contributed by atoms with E-state index in [2.05, 4.69) is 13.5 Å². The number of esters is 2. The number of fused-ring (bicyclic) bond motifs is 1. The highest BCUT2D eigenvalue weighted by molar-refractivity contribution is 5.91. The van der Waals surface area contributed by atoms with Gasteiger partial charge < -0.3 is 25.1 Å². The molecule has 0 amide bonds. The molecule has 0 aliphatic heterocycles. The molecule has 1 aromatic rings. The largest absolute Gasteiger partial charge is 0.479 e. The number of nitrogens with two attached hydrogens (primary N) is 1. The van der Waals surface area contributed by atoms with Gasteiger partial charge in [0.1, 0.15) is 11.4 Å². The van der Waals surface area contributed by atoms with Crippen LogP contribution in [0.4, 0.5) is 8.78 Å². The van der Waals surface area contributed by atoms with E-state index in [1.807, 2.05) is 0 Å². The Morgan fingerprint density at radius 3 is 2.50 bits per heavy atom. The quantitative estimate of drug-likeness (QED) is 0.261. The topological polar surface area (TPSA) is 125 Å². The minimum atomic E-state index is -2.68. The highest BCUT2D eigenvalue weighted by Crippen LogP contribution is 2.67. The van der Waals surface area contributed by atoms with E-state index in [-0.39, 0.29) is 19.4 Å². The number of carboxylic acids is 1. The zero-order valence-electron chi connectivity index (χ0n) is 21.7. The lowest BCUT2D eigenvalue weighted by atomic mass is 9.78. The molecule has 8 nitrogen and oxygen atoms in total. The maximum atomic E-state index is 15.2. The lowest BCUT2D eigenvalue weighted by molar-refractivity contribution is -0.193. The fourth-order valence-corrected chi connectivity index (χ4v) is 6.36. The number of carbonyl (C=O) groups is 3. The molecule has 10 heteroatoms. The molecule has 3 aliphatic carbocycles. The van der Waals surface area contributed by atoms with Gasteiger partial charge in [0.25, 0.3) is 0 Å². The molecule has 208 valence electrons. The van der Waals surface area contributed by atoms with Crippen molar-refractivity contribution in [2.75, 3.05) is 0 Å². The van der Waals surface area contributed by atoms with Gasteiger partial charge in [-0.25, -0.2) is 18.4 Å². The van der Waals surface area contributed by atoms with Crippen LogP contribution in [0.5, 0.6) is 0 Å². The molecule has 3 aliphatic rings. The summed E-state index contributed by atoms with van der Waals surface area (Å²) >= 11 is 0. The zero-order chi connectivity index (χ0) is 27.8. The maximum absolute atomic E-state index is 15.2. The number of benzene rings is 1. The Morgan fingerprint density at radius 1 is 1.18 bits per heavy atom. The molecule has 2 unspecified atom stereocenters. The summed E-state index contributed by atoms with van der Waals surface area (Å²) in [6.07, 6.45) is 1.15. The van der Waals surface area contributed by atoms with Crippen LogP contribution >= 0.6 is 0 Å². The maximum Gasteiger partial charge on any atom is 0.342 e. The van der Waals surface area contributed by atoms with Crippen LogP contribution < -0.4 is 5.73 Å². The van der Waals surface area contributed by atoms with Gasteiger partial charge in [0.15, 0.2) is 0 Å². The average Bonchev–Trinajstić information content (AvgIpc) is 3.32. The van der Waals surface area contributed by atoms with Crippen molar-refractivity contribution in [2.24, 2.45) is 29.4 Å². The summed E-state index contributed by atoms with van der Waals surface area (Å²) in [7, 11) is 0. The number of alkyl halides is 1. The van der Waals surface area contributed by atoms with Crippen molar-refractivity contribution in [3.8, 4) is 0 Å². The van der Waals surface area contributed by atoms with Gasteiger partial charge >= 0.3 is 17.9 Å². The third-order valence-electron chi connectivity index (χ3n) is 8.12. The van der Waals surface area contributed by atoms with E-state index in [4.69, 9.17) is 19.9 Å². The molecule has 3 saturated carbocycles. The molecule has 3 fully saturated rings. The van der Waals surface area contributed by atoms with Crippen LogP contribution in [0.3, 0.4) is 0 Å². The number of halogens is 2. The lowest BCUT2D eigenvalue weighted by Crippen LogP contribution is -2.61. The number of hydrogen-bond donors (Lipinski definition) is 2. The predicted molar refractivity (Wildman–Crippen MR) is 131 cm³/mol. The van der Waals surface area contributed by atoms with Crippen molar-refractivity contribution >= 4 is 17.9 Å². The second-order valence-corrected chi connectivity index (χ2v) is 11.1. The predicted octanol–water partition coefficient (Wildman–Crippen LogP) is 4.06. The van der Waals surface area contributed by atoms with Crippen LogP contribution in [-0.4, -0.2) is 46.6 Å². The number of aliphatic carboxylic acids is 1. The number of allylic oxidation sites excluding steroid dienone is 1. The Hall–Kier alpha value is -2.85. The van der Waals surface area contributed by atoms with Crippen LogP contribution in [0.15, 0.2) is 36.4 Å². The first-order valence-electron chi connectivity index (χ1n) is 13.0. The van der Waals surface area contributed by atoms with Gasteiger partial charge in [-0.3, -0.25) is 4.79 Å². The van der Waals surface area contributed by atoms with Crippen molar-refractivity contribution in [1.82, 2.24) is 0 Å². The molecular weight excluding hydrogens is 500 g/mol. The second-order valence-electron chi connectivity index (χ2n) is 11.1. The Morgan fingerprint density at radius 2 is 1.87 bits per heavy atom. The molecule has 4 rings (SSSR count). The van der Waals surface area contributed by atoms with Gasteiger partial charge in [-0.15, -0.1) is 0 Å². The van der Waals surface area contributed by atoms with E-state index in [0.717, 1.165) is 19.3 Å². The van der Waals surface area contributed by atoms with Crippen molar-refractivity contribution < 1.29 is 42.5 Å². The molecule has 8 atom stereocenters. The number of ether oxygens (including phenoxy) is 3. The SMILES string of the molecule is C=C1CC(C)CC(CCC(=O)O[C@H](C)OC(=O)[C@@]2(N)[C@H]3[C@@H](C[C@H]2OCc2ccc(F)cc2)[C@]3(F)C(=O)O)C1. The fourth-order valence-electron chi connectivity index (χ4n) is 6.36. The van der Waals surface area contributed by atoms with Crippen LogP contribution in [0.2, 0.25) is 0 Å². The van der Waals surface area contributed by atoms with Crippen molar-refractivity contribution in [3.63, 3.8) is 0 Å². The van der Waals surface area contributed by atoms with Gasteiger partial charge in [0, 0.05) is 25.2 Å². The fraction of sp³-hybridized carbons (Fsp3) is 0.607. The van der Waals surface area contributed by atoms with E-state index in [0.29, 0.717) is 23.8 Å². The monoisotopic (exact) mass is 535 g/mol. The molecule has 3 N–H and O–H groups in total. The lowest BCUT2D eigenvalue weighted by Gasteiger charge is -2.34. The van der Waals surface area contributed by atoms with E-state index in [1.165, 1.54) is 36.8 Å². The first-order valence-corrected chi connectivity index (χ1v) is 13.0.